The van der Waals surface area contributed by atoms with Crippen LogP contribution in [0.4, 0.5) is 9.59 Å². The molecule has 0 fully saturated rings. The van der Waals surface area contributed by atoms with E-state index >= 15 is 0 Å². The lowest BCUT2D eigenvalue weighted by Crippen LogP contribution is -2.39. The van der Waals surface area contributed by atoms with Crippen LogP contribution in [-0.2, 0) is 35.0 Å². The quantitative estimate of drug-likeness (QED) is 0.0834. The molecule has 0 aliphatic rings. The number of ether oxygens (including phenoxy) is 6. The van der Waals surface area contributed by atoms with Crippen molar-refractivity contribution in [3.8, 4) is 11.5 Å². The van der Waals surface area contributed by atoms with Gasteiger partial charge in [-0.25, -0.2) is 9.59 Å². The van der Waals surface area contributed by atoms with Gasteiger partial charge >= 0.3 is 24.2 Å². The number of hydrogen-bond donors (Lipinski definition) is 1. The Balaban J connectivity index is 2.87. The SMILES string of the molecule is CCCCCOC(=O)Oc1ccc(C[C@H](N)C(=O)O[C@@H](C)[C@H](C)OC(=O)CC(C)CC)cc1OC(=O)OCCCCC. The number of carbonyl (C=O) groups is 4. The number of hydrogen-bond acceptors (Lipinski definition) is 11. The second kappa shape index (κ2) is 20.5. The van der Waals surface area contributed by atoms with E-state index in [0.29, 0.717) is 18.4 Å². The fourth-order valence-corrected chi connectivity index (χ4v) is 3.58. The molecule has 0 aliphatic heterocycles. The van der Waals surface area contributed by atoms with Crippen molar-refractivity contribution < 1.29 is 47.6 Å². The van der Waals surface area contributed by atoms with E-state index in [9.17, 15) is 19.2 Å². The van der Waals surface area contributed by atoms with Crippen LogP contribution in [0.3, 0.4) is 0 Å². The number of rotatable bonds is 19. The molecule has 1 aromatic rings. The molecule has 0 saturated heterocycles. The Kier molecular flexibility index (Phi) is 17.9. The molecule has 0 radical (unpaired) electrons. The minimum atomic E-state index is -1.07. The summed E-state index contributed by atoms with van der Waals surface area (Å²) in [6.07, 6.45) is 3.01. The van der Waals surface area contributed by atoms with Crippen molar-refractivity contribution in [2.45, 2.75) is 118 Å². The summed E-state index contributed by atoms with van der Waals surface area (Å²) >= 11 is 0. The lowest BCUT2D eigenvalue weighted by atomic mass is 10.1. The summed E-state index contributed by atoms with van der Waals surface area (Å²) in [6, 6.07) is 3.36. The lowest BCUT2D eigenvalue weighted by Gasteiger charge is -2.23. The van der Waals surface area contributed by atoms with Crippen molar-refractivity contribution in [3.05, 3.63) is 23.8 Å². The molecule has 0 aromatic heterocycles. The molecule has 2 N–H and O–H groups in total. The zero-order valence-electron chi connectivity index (χ0n) is 26.0. The predicted octanol–water partition coefficient (Wildman–Crippen LogP) is 6.27. The van der Waals surface area contributed by atoms with Crippen molar-refractivity contribution in [2.75, 3.05) is 13.2 Å². The Morgan fingerprint density at radius 2 is 1.31 bits per heavy atom. The maximum atomic E-state index is 12.7. The highest BCUT2D eigenvalue weighted by molar-refractivity contribution is 5.76. The molecule has 0 spiro atoms. The highest BCUT2D eigenvalue weighted by Gasteiger charge is 2.25. The van der Waals surface area contributed by atoms with Crippen LogP contribution in [0.5, 0.6) is 11.5 Å². The summed E-state index contributed by atoms with van der Waals surface area (Å²) in [7, 11) is 0. The van der Waals surface area contributed by atoms with Gasteiger partial charge in [-0.3, -0.25) is 9.59 Å². The van der Waals surface area contributed by atoms with Gasteiger partial charge in [-0.2, -0.15) is 0 Å². The van der Waals surface area contributed by atoms with Crippen LogP contribution < -0.4 is 15.2 Å². The summed E-state index contributed by atoms with van der Waals surface area (Å²) < 4.78 is 31.6. The van der Waals surface area contributed by atoms with Gasteiger partial charge in [-0.05, 0) is 56.7 Å². The molecule has 1 rings (SSSR count). The van der Waals surface area contributed by atoms with E-state index in [1.54, 1.807) is 19.9 Å². The first kappa shape index (κ1) is 36.7. The Bertz CT molecular complexity index is 982. The molecule has 0 saturated carbocycles. The van der Waals surface area contributed by atoms with Gasteiger partial charge in [0.2, 0.25) is 0 Å². The van der Waals surface area contributed by atoms with Gasteiger partial charge in [0.05, 0.1) is 13.2 Å². The lowest BCUT2D eigenvalue weighted by molar-refractivity contribution is -0.166. The molecule has 11 nitrogen and oxygen atoms in total. The third-order valence-corrected chi connectivity index (χ3v) is 6.58. The molecule has 4 atom stereocenters. The van der Waals surface area contributed by atoms with Crippen LogP contribution in [0.15, 0.2) is 18.2 Å². The van der Waals surface area contributed by atoms with E-state index < -0.39 is 36.5 Å². The smallest absolute Gasteiger partial charge is 0.459 e. The van der Waals surface area contributed by atoms with Crippen molar-refractivity contribution in [2.24, 2.45) is 11.7 Å². The highest BCUT2D eigenvalue weighted by atomic mass is 16.7. The van der Waals surface area contributed by atoms with Crippen LogP contribution in [0.25, 0.3) is 0 Å². The van der Waals surface area contributed by atoms with Crippen molar-refractivity contribution in [3.63, 3.8) is 0 Å². The Hall–Kier alpha value is -3.34. The molecule has 0 aliphatic carbocycles. The van der Waals surface area contributed by atoms with Crippen LogP contribution in [0.1, 0.15) is 98.5 Å². The van der Waals surface area contributed by atoms with Gasteiger partial charge in [0.15, 0.2) is 11.5 Å². The molecular weight excluding hydrogens is 546 g/mol. The van der Waals surface area contributed by atoms with Gasteiger partial charge in [0.25, 0.3) is 0 Å². The Morgan fingerprint density at radius 1 is 0.762 bits per heavy atom. The molecule has 0 heterocycles. The van der Waals surface area contributed by atoms with Crippen LogP contribution >= 0.6 is 0 Å². The number of benzene rings is 1. The second-order valence-electron chi connectivity index (χ2n) is 10.5. The van der Waals surface area contributed by atoms with E-state index in [1.165, 1.54) is 12.1 Å². The molecule has 0 amide bonds. The maximum absolute atomic E-state index is 12.7. The minimum Gasteiger partial charge on any atom is -0.459 e. The largest absolute Gasteiger partial charge is 0.513 e. The standard InChI is InChI=1S/C31H49NO10/c1-7-10-12-16-37-30(35)41-26-15-14-24(20-27(26)42-31(36)38-17-13-11-8-2)19-25(32)29(34)40-23(6)22(5)39-28(33)18-21(4)9-3/h14-15,20-23,25H,7-13,16-19,32H2,1-6H3/t21?,22-,23-,25-/m0/s1. The average molecular weight is 596 g/mol. The first-order chi connectivity index (χ1) is 20.0. The summed E-state index contributed by atoms with van der Waals surface area (Å²) in [5.41, 5.74) is 6.62. The van der Waals surface area contributed by atoms with E-state index in [1.807, 2.05) is 27.7 Å². The minimum absolute atomic E-state index is 0.0252. The van der Waals surface area contributed by atoms with Crippen molar-refractivity contribution in [1.29, 1.82) is 0 Å². The van der Waals surface area contributed by atoms with Crippen LogP contribution in [0, 0.1) is 5.92 Å². The van der Waals surface area contributed by atoms with E-state index in [-0.39, 0.29) is 49.4 Å². The highest BCUT2D eigenvalue weighted by Crippen LogP contribution is 2.30. The van der Waals surface area contributed by atoms with Gasteiger partial charge in [0, 0.05) is 6.42 Å². The summed E-state index contributed by atoms with van der Waals surface area (Å²) in [4.78, 5) is 49.2. The van der Waals surface area contributed by atoms with E-state index in [0.717, 1.165) is 32.1 Å². The van der Waals surface area contributed by atoms with Crippen LogP contribution in [0.2, 0.25) is 0 Å². The van der Waals surface area contributed by atoms with E-state index in [4.69, 9.17) is 34.2 Å². The third-order valence-electron chi connectivity index (χ3n) is 6.58. The second-order valence-corrected chi connectivity index (χ2v) is 10.5. The molecular formula is C31H49NO10. The summed E-state index contributed by atoms with van der Waals surface area (Å²) in [5, 5.41) is 0. The molecule has 11 heteroatoms. The van der Waals surface area contributed by atoms with Gasteiger partial charge < -0.3 is 34.2 Å². The first-order valence-electron chi connectivity index (χ1n) is 15.0. The number of unbranched alkanes of at least 4 members (excludes halogenated alkanes) is 4. The normalized spacial score (nSPS) is 13.7. The van der Waals surface area contributed by atoms with Gasteiger partial charge in [0.1, 0.15) is 18.2 Å². The average Bonchev–Trinajstić information content (AvgIpc) is 2.94. The zero-order chi connectivity index (χ0) is 31.5. The van der Waals surface area contributed by atoms with E-state index in [2.05, 4.69) is 0 Å². The summed E-state index contributed by atoms with van der Waals surface area (Å²) in [6.45, 7) is 11.7. The number of carbonyl (C=O) groups excluding carboxylic acids is 4. The molecule has 1 unspecified atom stereocenters. The topological polar surface area (TPSA) is 150 Å². The Morgan fingerprint density at radius 3 is 1.86 bits per heavy atom. The van der Waals surface area contributed by atoms with Crippen molar-refractivity contribution >= 4 is 24.2 Å². The fourth-order valence-electron chi connectivity index (χ4n) is 3.58. The molecule has 238 valence electrons. The fraction of sp³-hybridized carbons (Fsp3) is 0.677. The third kappa shape index (κ3) is 15.0. The van der Waals surface area contributed by atoms with Crippen molar-refractivity contribution in [1.82, 2.24) is 0 Å². The summed E-state index contributed by atoms with van der Waals surface area (Å²) in [5.74, 6) is -0.994. The zero-order valence-corrected chi connectivity index (χ0v) is 26.0. The predicted molar refractivity (Wildman–Crippen MR) is 156 cm³/mol. The molecule has 0 bridgehead atoms. The first-order valence-corrected chi connectivity index (χ1v) is 15.0. The van der Waals surface area contributed by atoms with Gasteiger partial charge in [-0.1, -0.05) is 65.9 Å². The monoisotopic (exact) mass is 595 g/mol. The van der Waals surface area contributed by atoms with Gasteiger partial charge in [-0.15, -0.1) is 0 Å². The van der Waals surface area contributed by atoms with Crippen LogP contribution in [-0.4, -0.2) is 55.7 Å². The Labute approximate surface area is 249 Å². The molecule has 1 aromatic carbocycles. The maximum Gasteiger partial charge on any atom is 0.513 e. The number of esters is 2. The number of nitrogens with two attached hydrogens (primary N) is 1. The molecule has 42 heavy (non-hydrogen) atoms.